The fourth-order valence-electron chi connectivity index (χ4n) is 4.79. The van der Waals surface area contributed by atoms with Crippen molar-refractivity contribution in [2.24, 2.45) is 5.92 Å². The van der Waals surface area contributed by atoms with Crippen molar-refractivity contribution in [1.82, 2.24) is 0 Å². The van der Waals surface area contributed by atoms with Gasteiger partial charge in [0.1, 0.15) is 17.7 Å². The van der Waals surface area contributed by atoms with Crippen LogP contribution < -0.4 is 24.2 Å². The van der Waals surface area contributed by atoms with E-state index in [0.717, 1.165) is 4.90 Å². The number of nitrogens with zero attached hydrogens (tertiary/aromatic N) is 3. The average Bonchev–Trinajstić information content (AvgIpc) is 3.43. The van der Waals surface area contributed by atoms with Gasteiger partial charge in [-0.25, -0.2) is 9.96 Å². The van der Waals surface area contributed by atoms with Crippen LogP contribution in [0.5, 0.6) is 17.2 Å². The van der Waals surface area contributed by atoms with Crippen molar-refractivity contribution in [2.75, 3.05) is 31.3 Å². The van der Waals surface area contributed by atoms with E-state index in [0.29, 0.717) is 17.1 Å². The molecule has 2 fully saturated rings. The summed E-state index contributed by atoms with van der Waals surface area (Å²) in [5.74, 6) is -1.20. The van der Waals surface area contributed by atoms with Gasteiger partial charge < -0.3 is 14.2 Å². The molecule has 0 radical (unpaired) electrons. The number of benzene rings is 3. The molecule has 11 heteroatoms. The Morgan fingerprint density at radius 2 is 1.49 bits per heavy atom. The van der Waals surface area contributed by atoms with Gasteiger partial charge in [-0.05, 0) is 42.5 Å². The zero-order chi connectivity index (χ0) is 26.3. The molecule has 11 nitrogen and oxygen atoms in total. The molecule has 0 N–H and O–H groups in total. The maximum absolute atomic E-state index is 13.8. The first-order chi connectivity index (χ1) is 17.9. The number of amides is 2. The Balaban J connectivity index is 1.66. The Kier molecular flexibility index (Phi) is 6.14. The van der Waals surface area contributed by atoms with Gasteiger partial charge >= 0.3 is 0 Å². The smallest absolute Gasteiger partial charge is 0.278 e. The van der Waals surface area contributed by atoms with Crippen LogP contribution in [0.15, 0.2) is 66.7 Å². The van der Waals surface area contributed by atoms with Gasteiger partial charge in [-0.2, -0.15) is 0 Å². The number of hydrogen-bond acceptors (Lipinski definition) is 9. The molecule has 2 aliphatic rings. The van der Waals surface area contributed by atoms with Crippen molar-refractivity contribution in [1.29, 1.82) is 0 Å². The van der Waals surface area contributed by atoms with Crippen LogP contribution in [0.25, 0.3) is 0 Å². The summed E-state index contributed by atoms with van der Waals surface area (Å²) in [6.45, 7) is 0. The van der Waals surface area contributed by atoms with Crippen LogP contribution in [0.3, 0.4) is 0 Å². The van der Waals surface area contributed by atoms with Crippen molar-refractivity contribution < 1.29 is 33.6 Å². The maximum atomic E-state index is 13.8. The van der Waals surface area contributed by atoms with Crippen molar-refractivity contribution in [3.8, 4) is 17.2 Å². The van der Waals surface area contributed by atoms with Gasteiger partial charge in [-0.15, -0.1) is 0 Å². The van der Waals surface area contributed by atoms with Gasteiger partial charge in [-0.1, -0.05) is 18.2 Å². The second-order valence-corrected chi connectivity index (χ2v) is 8.39. The number of carbonyl (C=O) groups excluding carboxylic acids is 2. The van der Waals surface area contributed by atoms with Gasteiger partial charge in [0.2, 0.25) is 5.91 Å². The molecule has 2 amide bonds. The van der Waals surface area contributed by atoms with Gasteiger partial charge in [-0.3, -0.25) is 24.5 Å². The van der Waals surface area contributed by atoms with E-state index in [-0.39, 0.29) is 22.7 Å². The molecule has 0 bridgehead atoms. The number of para-hydroxylation sites is 1. The largest absolute Gasteiger partial charge is 0.497 e. The van der Waals surface area contributed by atoms with Gasteiger partial charge in [0.15, 0.2) is 17.6 Å². The van der Waals surface area contributed by atoms with Gasteiger partial charge in [0, 0.05) is 0 Å². The molecule has 0 aliphatic carbocycles. The Morgan fingerprint density at radius 3 is 2.08 bits per heavy atom. The van der Waals surface area contributed by atoms with E-state index in [2.05, 4.69) is 0 Å². The second kappa shape index (κ2) is 9.43. The fraction of sp³-hybridized carbons (Fsp3) is 0.231. The van der Waals surface area contributed by atoms with E-state index < -0.39 is 34.8 Å². The standard InChI is InChI=1S/C26H23N3O8/c1-34-17-11-9-15(10-12-17)27-25(30)22-23(18-13-20(35-2)21(36-3)14-19(18)29(32)33)28(37-24(22)26(27)31)16-7-5-4-6-8-16/h4-14,22-24H,1-3H3/t22-,23-,24+/m0/s1. The molecular formula is C26H23N3O8. The molecule has 0 saturated carbocycles. The predicted molar refractivity (Wildman–Crippen MR) is 132 cm³/mol. The third-order valence-corrected chi connectivity index (χ3v) is 6.50. The monoisotopic (exact) mass is 505 g/mol. The molecule has 3 aromatic carbocycles. The number of hydrogen-bond donors (Lipinski definition) is 0. The number of methoxy groups -OCH3 is 3. The highest BCUT2D eigenvalue weighted by atomic mass is 16.7. The fourth-order valence-corrected chi connectivity index (χ4v) is 4.79. The molecule has 2 aliphatic heterocycles. The number of ether oxygens (including phenoxy) is 3. The van der Waals surface area contributed by atoms with Crippen LogP contribution in [0, 0.1) is 16.0 Å². The average molecular weight is 505 g/mol. The van der Waals surface area contributed by atoms with Gasteiger partial charge in [0.25, 0.3) is 11.6 Å². The summed E-state index contributed by atoms with van der Waals surface area (Å²) in [7, 11) is 4.29. The van der Waals surface area contributed by atoms with Crippen molar-refractivity contribution in [3.05, 3.63) is 82.4 Å². The van der Waals surface area contributed by atoms with E-state index in [1.807, 2.05) is 0 Å². The van der Waals surface area contributed by atoms with Crippen molar-refractivity contribution in [2.45, 2.75) is 12.1 Å². The highest BCUT2D eigenvalue weighted by Gasteiger charge is 2.61. The molecular weight excluding hydrogens is 482 g/mol. The first kappa shape index (κ1) is 24.1. The zero-order valence-corrected chi connectivity index (χ0v) is 20.2. The molecule has 190 valence electrons. The third-order valence-electron chi connectivity index (χ3n) is 6.50. The predicted octanol–water partition coefficient (Wildman–Crippen LogP) is 3.67. The highest BCUT2D eigenvalue weighted by molar-refractivity contribution is 6.24. The van der Waals surface area contributed by atoms with Crippen LogP contribution in [-0.2, 0) is 14.4 Å². The number of nitro groups is 1. The molecule has 3 atom stereocenters. The molecule has 0 aromatic heterocycles. The minimum Gasteiger partial charge on any atom is -0.497 e. The lowest BCUT2D eigenvalue weighted by molar-refractivity contribution is -0.385. The minimum absolute atomic E-state index is 0.150. The first-order valence-corrected chi connectivity index (χ1v) is 11.3. The number of fused-ring (bicyclic) bond motifs is 1. The molecule has 0 unspecified atom stereocenters. The Labute approximate surface area is 211 Å². The van der Waals surface area contributed by atoms with Crippen LogP contribution in [0.2, 0.25) is 0 Å². The SMILES string of the molecule is COc1ccc(N2C(=O)[C@@H]3[C@@H](ON(c4ccccc4)[C@H]3c3cc(OC)c(OC)cc3[N+](=O)[O-])C2=O)cc1. The Morgan fingerprint density at radius 1 is 0.838 bits per heavy atom. The van der Waals surface area contributed by atoms with Gasteiger partial charge in [0.05, 0.1) is 49.3 Å². The zero-order valence-electron chi connectivity index (χ0n) is 20.2. The lowest BCUT2D eigenvalue weighted by Crippen LogP contribution is -2.37. The second-order valence-electron chi connectivity index (χ2n) is 8.39. The van der Waals surface area contributed by atoms with Crippen molar-refractivity contribution >= 4 is 28.9 Å². The summed E-state index contributed by atoms with van der Waals surface area (Å²) in [6, 6.07) is 17.0. The summed E-state index contributed by atoms with van der Waals surface area (Å²) in [4.78, 5) is 46.0. The molecule has 2 heterocycles. The van der Waals surface area contributed by atoms with E-state index in [1.165, 1.54) is 38.5 Å². The molecule has 0 spiro atoms. The molecule has 5 rings (SSSR count). The number of anilines is 2. The minimum atomic E-state index is -1.19. The van der Waals surface area contributed by atoms with E-state index in [1.54, 1.807) is 54.6 Å². The summed E-state index contributed by atoms with van der Waals surface area (Å²) < 4.78 is 15.8. The summed E-state index contributed by atoms with van der Waals surface area (Å²) in [5, 5.41) is 13.5. The molecule has 2 saturated heterocycles. The molecule has 37 heavy (non-hydrogen) atoms. The maximum Gasteiger partial charge on any atom is 0.278 e. The molecule has 3 aromatic rings. The topological polar surface area (TPSA) is 121 Å². The summed E-state index contributed by atoms with van der Waals surface area (Å²) in [5.41, 5.74) is 0.732. The first-order valence-electron chi connectivity index (χ1n) is 11.3. The number of nitro benzene ring substituents is 1. The number of hydroxylamine groups is 1. The van der Waals surface area contributed by atoms with Crippen LogP contribution in [0.1, 0.15) is 11.6 Å². The number of carbonyl (C=O) groups is 2. The van der Waals surface area contributed by atoms with Crippen LogP contribution >= 0.6 is 0 Å². The number of imide groups is 1. The van der Waals surface area contributed by atoms with Crippen LogP contribution in [-0.4, -0.2) is 44.2 Å². The third kappa shape index (κ3) is 3.89. The quantitative estimate of drug-likeness (QED) is 0.269. The lowest BCUT2D eigenvalue weighted by Gasteiger charge is -2.29. The lowest BCUT2D eigenvalue weighted by atomic mass is 9.89. The Bertz CT molecular complexity index is 1360. The van der Waals surface area contributed by atoms with E-state index >= 15 is 0 Å². The normalized spacial score (nSPS) is 20.7. The Hall–Kier alpha value is -4.64. The summed E-state index contributed by atoms with van der Waals surface area (Å²) in [6.07, 6.45) is -1.19. The number of rotatable bonds is 7. The summed E-state index contributed by atoms with van der Waals surface area (Å²) >= 11 is 0. The van der Waals surface area contributed by atoms with Crippen LogP contribution in [0.4, 0.5) is 17.1 Å². The highest BCUT2D eigenvalue weighted by Crippen LogP contribution is 2.51. The van der Waals surface area contributed by atoms with Crippen molar-refractivity contribution in [3.63, 3.8) is 0 Å². The van der Waals surface area contributed by atoms with E-state index in [4.69, 9.17) is 19.0 Å². The van der Waals surface area contributed by atoms with E-state index in [9.17, 15) is 19.7 Å².